The Labute approximate surface area is 161 Å². The highest BCUT2D eigenvalue weighted by molar-refractivity contribution is 7.00. The second-order valence-corrected chi connectivity index (χ2v) is 11.8. The molecule has 3 aromatic carbocycles. The van der Waals surface area contributed by atoms with Crippen molar-refractivity contribution in [3.63, 3.8) is 0 Å². The summed E-state index contributed by atoms with van der Waals surface area (Å²) in [6.07, 6.45) is 0. The van der Waals surface area contributed by atoms with Gasteiger partial charge in [0.05, 0.1) is 7.11 Å². The van der Waals surface area contributed by atoms with Gasteiger partial charge in [0, 0.05) is 6.07 Å². The molecule has 0 aliphatic rings. The van der Waals surface area contributed by atoms with Gasteiger partial charge in [-0.25, -0.2) is 4.39 Å². The van der Waals surface area contributed by atoms with Crippen LogP contribution in [0, 0.1) is 5.82 Å². The summed E-state index contributed by atoms with van der Waals surface area (Å²) in [7, 11) is -1.22. The van der Waals surface area contributed by atoms with Gasteiger partial charge in [-0.3, -0.25) is 0 Å². The number of rotatable bonds is 5. The van der Waals surface area contributed by atoms with Crippen molar-refractivity contribution in [2.75, 3.05) is 7.11 Å². The van der Waals surface area contributed by atoms with Crippen LogP contribution in [-0.2, 0) is 0 Å². The monoisotopic (exact) mass is 380 g/mol. The third-order valence-corrected chi connectivity index (χ3v) is 9.74. The number of methoxy groups -OCH3 is 1. The molecule has 2 nitrogen and oxygen atoms in total. The third-order valence-electron chi connectivity index (χ3n) is 4.81. The standard InChI is InChI=1S/C23H25FO2Si/c1-23(2,3)27(19-11-7-5-8-12-19,20-13-9-6-10-14-20)26-21-16-15-18(24)17-22(21)25-4/h5-17H,1-4H3. The predicted octanol–water partition coefficient (Wildman–Crippen LogP) is 4.77. The average molecular weight is 381 g/mol. The van der Waals surface area contributed by atoms with Gasteiger partial charge in [0.1, 0.15) is 11.6 Å². The quantitative estimate of drug-likeness (QED) is 0.594. The number of ether oxygens (including phenoxy) is 1. The van der Waals surface area contributed by atoms with Crippen LogP contribution in [0.1, 0.15) is 20.8 Å². The zero-order valence-electron chi connectivity index (χ0n) is 16.2. The summed E-state index contributed by atoms with van der Waals surface area (Å²) in [5.41, 5.74) is 0. The Hall–Kier alpha value is -2.59. The van der Waals surface area contributed by atoms with Gasteiger partial charge in [0.25, 0.3) is 0 Å². The fourth-order valence-electron chi connectivity index (χ4n) is 3.54. The lowest BCUT2D eigenvalue weighted by Crippen LogP contribution is -2.68. The molecule has 0 aliphatic carbocycles. The fourth-order valence-corrected chi connectivity index (χ4v) is 7.97. The van der Waals surface area contributed by atoms with Crippen LogP contribution in [0.15, 0.2) is 78.9 Å². The normalized spacial score (nSPS) is 11.9. The minimum absolute atomic E-state index is 0.172. The molecule has 0 saturated carbocycles. The molecule has 0 N–H and O–H groups in total. The molecular weight excluding hydrogens is 355 g/mol. The number of hydrogen-bond donors (Lipinski definition) is 0. The lowest BCUT2D eigenvalue weighted by atomic mass is 10.2. The zero-order valence-corrected chi connectivity index (χ0v) is 17.2. The summed E-state index contributed by atoms with van der Waals surface area (Å²) in [6, 6.07) is 25.1. The first-order chi connectivity index (χ1) is 12.9. The molecule has 0 heterocycles. The van der Waals surface area contributed by atoms with E-state index in [9.17, 15) is 4.39 Å². The van der Waals surface area contributed by atoms with Crippen molar-refractivity contribution in [2.45, 2.75) is 25.8 Å². The van der Waals surface area contributed by atoms with Gasteiger partial charge in [-0.15, -0.1) is 0 Å². The number of hydrogen-bond acceptors (Lipinski definition) is 2. The molecular formula is C23H25FO2Si. The fraction of sp³-hybridized carbons (Fsp3) is 0.217. The Morgan fingerprint density at radius 1 is 0.741 bits per heavy atom. The molecule has 0 aliphatic heterocycles. The highest BCUT2D eigenvalue weighted by Crippen LogP contribution is 2.40. The van der Waals surface area contributed by atoms with Gasteiger partial charge in [-0.05, 0) is 27.5 Å². The Bertz CT molecular complexity index is 850. The van der Waals surface area contributed by atoms with E-state index >= 15 is 0 Å². The molecule has 3 rings (SSSR count). The third kappa shape index (κ3) is 3.62. The summed E-state index contributed by atoms with van der Waals surface area (Å²) in [4.78, 5) is 0. The van der Waals surface area contributed by atoms with Crippen LogP contribution in [-0.4, -0.2) is 15.4 Å². The summed E-state index contributed by atoms with van der Waals surface area (Å²) in [5, 5.41) is 2.15. The molecule has 27 heavy (non-hydrogen) atoms. The van der Waals surface area contributed by atoms with Gasteiger partial charge in [-0.1, -0.05) is 81.4 Å². The molecule has 0 atom stereocenters. The Morgan fingerprint density at radius 3 is 1.70 bits per heavy atom. The molecule has 0 fully saturated rings. The van der Waals surface area contributed by atoms with Crippen LogP contribution in [0.3, 0.4) is 0 Å². The van der Waals surface area contributed by atoms with Crippen molar-refractivity contribution in [2.24, 2.45) is 0 Å². The summed E-state index contributed by atoms with van der Waals surface area (Å²) >= 11 is 0. The minimum Gasteiger partial charge on any atom is -0.531 e. The lowest BCUT2D eigenvalue weighted by molar-refractivity contribution is 0.385. The van der Waals surface area contributed by atoms with Gasteiger partial charge < -0.3 is 9.16 Å². The van der Waals surface area contributed by atoms with Crippen LogP contribution in [0.5, 0.6) is 11.5 Å². The molecule has 0 aromatic heterocycles. The van der Waals surface area contributed by atoms with E-state index in [1.54, 1.807) is 6.07 Å². The molecule has 4 heteroatoms. The van der Waals surface area contributed by atoms with E-state index in [0.29, 0.717) is 11.5 Å². The van der Waals surface area contributed by atoms with Crippen molar-refractivity contribution in [1.82, 2.24) is 0 Å². The maximum Gasteiger partial charge on any atom is 0.320 e. The maximum atomic E-state index is 13.7. The van der Waals surface area contributed by atoms with E-state index in [1.165, 1.54) is 19.2 Å². The van der Waals surface area contributed by atoms with Crippen LogP contribution in [0.4, 0.5) is 4.39 Å². The first-order valence-corrected chi connectivity index (χ1v) is 10.9. The Kier molecular flexibility index (Phi) is 5.37. The van der Waals surface area contributed by atoms with E-state index in [-0.39, 0.29) is 10.9 Å². The Morgan fingerprint density at radius 2 is 1.26 bits per heavy atom. The smallest absolute Gasteiger partial charge is 0.320 e. The topological polar surface area (TPSA) is 18.5 Å². The van der Waals surface area contributed by atoms with E-state index in [4.69, 9.17) is 9.16 Å². The molecule has 0 unspecified atom stereocenters. The molecule has 0 saturated heterocycles. The van der Waals surface area contributed by atoms with Crippen molar-refractivity contribution < 1.29 is 13.6 Å². The highest BCUT2D eigenvalue weighted by Gasteiger charge is 2.52. The van der Waals surface area contributed by atoms with Gasteiger partial charge >= 0.3 is 8.32 Å². The first-order valence-electron chi connectivity index (χ1n) is 9.02. The van der Waals surface area contributed by atoms with E-state index in [2.05, 4.69) is 45.0 Å². The second kappa shape index (κ2) is 7.57. The molecule has 0 radical (unpaired) electrons. The van der Waals surface area contributed by atoms with Gasteiger partial charge in [-0.2, -0.15) is 0 Å². The van der Waals surface area contributed by atoms with E-state index < -0.39 is 8.32 Å². The number of benzene rings is 3. The van der Waals surface area contributed by atoms with Crippen molar-refractivity contribution in [3.05, 3.63) is 84.7 Å². The van der Waals surface area contributed by atoms with Crippen LogP contribution in [0.2, 0.25) is 5.04 Å². The molecule has 0 amide bonds. The predicted molar refractivity (Wildman–Crippen MR) is 111 cm³/mol. The van der Waals surface area contributed by atoms with E-state index in [1.807, 2.05) is 36.4 Å². The zero-order chi connectivity index (χ0) is 19.5. The summed E-state index contributed by atoms with van der Waals surface area (Å²) in [6.45, 7) is 6.61. The molecule has 140 valence electrons. The van der Waals surface area contributed by atoms with Gasteiger partial charge in [0.2, 0.25) is 0 Å². The van der Waals surface area contributed by atoms with Crippen molar-refractivity contribution in [3.8, 4) is 11.5 Å². The highest BCUT2D eigenvalue weighted by atomic mass is 28.4. The van der Waals surface area contributed by atoms with Crippen molar-refractivity contribution >= 4 is 18.7 Å². The van der Waals surface area contributed by atoms with Crippen LogP contribution < -0.4 is 19.5 Å². The maximum absolute atomic E-state index is 13.7. The lowest BCUT2D eigenvalue weighted by Gasteiger charge is -2.43. The second-order valence-electron chi connectivity index (χ2n) is 7.56. The van der Waals surface area contributed by atoms with Crippen LogP contribution >= 0.6 is 0 Å². The van der Waals surface area contributed by atoms with Gasteiger partial charge in [0.15, 0.2) is 5.75 Å². The SMILES string of the molecule is COc1cc(F)ccc1O[Si](c1ccccc1)(c1ccccc1)C(C)(C)C. The van der Waals surface area contributed by atoms with Crippen molar-refractivity contribution in [1.29, 1.82) is 0 Å². The molecule has 0 bridgehead atoms. The average Bonchev–Trinajstić information content (AvgIpc) is 2.67. The van der Waals surface area contributed by atoms with Crippen LogP contribution in [0.25, 0.3) is 0 Å². The summed E-state index contributed by atoms with van der Waals surface area (Å²) in [5.74, 6) is 0.623. The number of halogens is 1. The first kappa shape index (κ1) is 19.2. The largest absolute Gasteiger partial charge is 0.531 e. The van der Waals surface area contributed by atoms with E-state index in [0.717, 1.165) is 10.4 Å². The Balaban J connectivity index is 2.28. The molecule has 3 aromatic rings. The molecule has 0 spiro atoms. The summed E-state index contributed by atoms with van der Waals surface area (Å²) < 4.78 is 26.0. The minimum atomic E-state index is -2.76.